The van der Waals surface area contributed by atoms with E-state index in [0.717, 1.165) is 16.7 Å². The molecule has 1 fully saturated rings. The minimum Gasteiger partial charge on any atom is -0.377 e. The van der Waals surface area contributed by atoms with Gasteiger partial charge in [0.2, 0.25) is 11.8 Å². The summed E-state index contributed by atoms with van der Waals surface area (Å²) in [6, 6.07) is 12.3. The third kappa shape index (κ3) is 4.58. The summed E-state index contributed by atoms with van der Waals surface area (Å²) in [5.74, 6) is -1.02. The summed E-state index contributed by atoms with van der Waals surface area (Å²) in [5.41, 5.74) is 7.56. The van der Waals surface area contributed by atoms with Gasteiger partial charge in [-0.1, -0.05) is 35.5 Å². The zero-order valence-corrected chi connectivity index (χ0v) is 16.4. The molecule has 1 heterocycles. The number of halogens is 2. The third-order valence-corrected chi connectivity index (χ3v) is 5.24. The zero-order valence-electron chi connectivity index (χ0n) is 14.8. The molecule has 0 bridgehead atoms. The zero-order chi connectivity index (χ0) is 20.3. The molecule has 0 unspecified atom stereocenters. The van der Waals surface area contributed by atoms with Gasteiger partial charge in [0, 0.05) is 11.4 Å². The van der Waals surface area contributed by atoms with Gasteiger partial charge in [-0.05, 0) is 48.9 Å². The Morgan fingerprint density at radius 3 is 2.43 bits per heavy atom. The van der Waals surface area contributed by atoms with E-state index in [2.05, 4.69) is 10.2 Å². The topological polar surface area (TPSA) is 88.1 Å². The third-order valence-electron chi connectivity index (χ3n) is 4.01. The van der Waals surface area contributed by atoms with Crippen molar-refractivity contribution in [1.29, 1.82) is 0 Å². The highest BCUT2D eigenvalue weighted by molar-refractivity contribution is 8.14. The predicted octanol–water partition coefficient (Wildman–Crippen LogP) is 3.58. The Morgan fingerprint density at radius 2 is 1.79 bits per heavy atom. The maximum atomic E-state index is 13.0. The maximum Gasteiger partial charge on any atom is 0.247 e. The van der Waals surface area contributed by atoms with E-state index in [0.29, 0.717) is 22.0 Å². The van der Waals surface area contributed by atoms with Crippen molar-refractivity contribution >= 4 is 51.7 Å². The van der Waals surface area contributed by atoms with E-state index < -0.39 is 5.25 Å². The minimum atomic E-state index is -0.673. The van der Waals surface area contributed by atoms with Gasteiger partial charge in [-0.15, -0.1) is 5.10 Å². The maximum absolute atomic E-state index is 13.0. The molecule has 0 aromatic heterocycles. The van der Waals surface area contributed by atoms with Crippen molar-refractivity contribution in [2.45, 2.75) is 18.6 Å². The van der Waals surface area contributed by atoms with Crippen molar-refractivity contribution in [2.24, 2.45) is 15.9 Å². The Hall–Kier alpha value is -2.71. The molecule has 1 saturated heterocycles. The number of carbonyl (C=O) groups excluding carboxylic acids is 2. The van der Waals surface area contributed by atoms with Crippen LogP contribution in [0.25, 0.3) is 0 Å². The Bertz CT molecular complexity index is 961. The monoisotopic (exact) mass is 418 g/mol. The van der Waals surface area contributed by atoms with E-state index in [1.54, 1.807) is 43.3 Å². The molecule has 2 aromatic carbocycles. The van der Waals surface area contributed by atoms with E-state index in [4.69, 9.17) is 17.3 Å². The highest BCUT2D eigenvalue weighted by Gasteiger charge is 2.40. The fraction of sp³-hybridized carbons (Fsp3) is 0.158. The van der Waals surface area contributed by atoms with E-state index in [9.17, 15) is 14.0 Å². The van der Waals surface area contributed by atoms with Crippen LogP contribution >= 0.6 is 23.4 Å². The van der Waals surface area contributed by atoms with Crippen LogP contribution in [-0.4, -0.2) is 27.9 Å². The van der Waals surface area contributed by atoms with E-state index in [-0.39, 0.29) is 29.2 Å². The Kier molecular flexibility index (Phi) is 6.11. The summed E-state index contributed by atoms with van der Waals surface area (Å²) in [4.78, 5) is 26.0. The fourth-order valence-electron chi connectivity index (χ4n) is 2.60. The molecule has 2 aromatic rings. The number of imide groups is 1. The summed E-state index contributed by atoms with van der Waals surface area (Å²) < 4.78 is 13.0. The van der Waals surface area contributed by atoms with Gasteiger partial charge in [0.15, 0.2) is 5.17 Å². The second-order valence-electron chi connectivity index (χ2n) is 5.98. The molecular formula is C19H16ClFN4O2S. The van der Waals surface area contributed by atoms with Gasteiger partial charge >= 0.3 is 0 Å². The average Bonchev–Trinajstić information content (AvgIpc) is 2.94. The number of hydrogen-bond acceptors (Lipinski definition) is 5. The van der Waals surface area contributed by atoms with Gasteiger partial charge in [0.05, 0.1) is 11.4 Å². The first-order valence-corrected chi connectivity index (χ1v) is 9.53. The van der Waals surface area contributed by atoms with Crippen LogP contribution in [0.15, 0.2) is 58.7 Å². The van der Waals surface area contributed by atoms with Gasteiger partial charge in [-0.25, -0.2) is 9.29 Å². The summed E-state index contributed by atoms with van der Waals surface area (Å²) in [6.45, 7) is 1.71. The number of nitrogens with two attached hydrogens (primary N) is 1. The molecule has 1 aliphatic heterocycles. The number of rotatable bonds is 4. The number of nitrogens with zero attached hydrogens (tertiary/aromatic N) is 3. The number of hydrogen-bond donors (Lipinski definition) is 1. The van der Waals surface area contributed by atoms with Crippen LogP contribution in [0, 0.1) is 5.82 Å². The van der Waals surface area contributed by atoms with Crippen molar-refractivity contribution in [2.75, 3.05) is 4.90 Å². The molecule has 0 saturated carbocycles. The molecule has 0 radical (unpaired) electrons. The standard InChI is InChI=1S/C19H16ClFN4O2S/c1-11(12-2-6-14(21)7-3-12)23-24-19(22)28-16-10-17(26)25(18(16)27)15-8-4-13(20)5-9-15/h2-9,16H,10H2,1H3,(H2,22,24)/b23-11-/t16-/m0/s1. The smallest absolute Gasteiger partial charge is 0.247 e. The molecule has 1 aliphatic rings. The fourth-order valence-corrected chi connectivity index (χ4v) is 3.54. The van der Waals surface area contributed by atoms with E-state index >= 15 is 0 Å². The number of anilines is 1. The predicted molar refractivity (Wildman–Crippen MR) is 110 cm³/mol. The van der Waals surface area contributed by atoms with Crippen LogP contribution in [0.5, 0.6) is 0 Å². The second-order valence-corrected chi connectivity index (χ2v) is 7.64. The second kappa shape index (κ2) is 8.53. The molecule has 28 heavy (non-hydrogen) atoms. The molecule has 6 nitrogen and oxygen atoms in total. The summed E-state index contributed by atoms with van der Waals surface area (Å²) >= 11 is 6.83. The quantitative estimate of drug-likeness (QED) is 0.355. The van der Waals surface area contributed by atoms with Gasteiger partial charge in [-0.3, -0.25) is 9.59 Å². The molecule has 1 atom stereocenters. The first-order chi connectivity index (χ1) is 13.3. The lowest BCUT2D eigenvalue weighted by atomic mass is 10.1. The minimum absolute atomic E-state index is 0.0169. The number of carbonyl (C=O) groups is 2. The normalized spacial score (nSPS) is 18.1. The Balaban J connectivity index is 1.69. The van der Waals surface area contributed by atoms with Crippen LogP contribution in [0.3, 0.4) is 0 Å². The van der Waals surface area contributed by atoms with Gasteiger partial charge in [-0.2, -0.15) is 5.10 Å². The first kappa shape index (κ1) is 20.0. The number of benzene rings is 2. The average molecular weight is 419 g/mol. The lowest BCUT2D eigenvalue weighted by Gasteiger charge is -2.14. The molecule has 144 valence electrons. The molecule has 0 spiro atoms. The van der Waals surface area contributed by atoms with Crippen LogP contribution in [0.4, 0.5) is 10.1 Å². The van der Waals surface area contributed by atoms with Crippen LogP contribution < -0.4 is 10.6 Å². The number of amidine groups is 1. The largest absolute Gasteiger partial charge is 0.377 e. The van der Waals surface area contributed by atoms with Crippen molar-refractivity contribution in [3.63, 3.8) is 0 Å². The highest BCUT2D eigenvalue weighted by atomic mass is 35.5. The molecule has 2 amide bonds. The number of thioether (sulfide) groups is 1. The molecule has 9 heteroatoms. The molecule has 0 aliphatic carbocycles. The van der Waals surface area contributed by atoms with Crippen molar-refractivity contribution in [1.82, 2.24) is 0 Å². The van der Waals surface area contributed by atoms with Crippen molar-refractivity contribution in [3.8, 4) is 0 Å². The molecule has 2 N–H and O–H groups in total. The Labute approximate surface area is 170 Å². The summed E-state index contributed by atoms with van der Waals surface area (Å²) in [7, 11) is 0. The first-order valence-electron chi connectivity index (χ1n) is 8.28. The van der Waals surface area contributed by atoms with Gasteiger partial charge in [0.25, 0.3) is 0 Å². The summed E-state index contributed by atoms with van der Waals surface area (Å²) in [6.07, 6.45) is 0.0169. The van der Waals surface area contributed by atoms with E-state index in [1.807, 2.05) is 0 Å². The molecule has 3 rings (SSSR count). The van der Waals surface area contributed by atoms with Gasteiger partial charge < -0.3 is 5.73 Å². The highest BCUT2D eigenvalue weighted by Crippen LogP contribution is 2.30. The van der Waals surface area contributed by atoms with Crippen molar-refractivity contribution < 1.29 is 14.0 Å². The lowest BCUT2D eigenvalue weighted by molar-refractivity contribution is -0.121. The van der Waals surface area contributed by atoms with Gasteiger partial charge in [0.1, 0.15) is 11.1 Å². The van der Waals surface area contributed by atoms with Crippen LogP contribution in [0.2, 0.25) is 5.02 Å². The van der Waals surface area contributed by atoms with Crippen molar-refractivity contribution in [3.05, 3.63) is 64.9 Å². The lowest BCUT2D eigenvalue weighted by Crippen LogP contribution is -2.31. The van der Waals surface area contributed by atoms with Crippen LogP contribution in [0.1, 0.15) is 18.9 Å². The summed E-state index contributed by atoms with van der Waals surface area (Å²) in [5, 5.41) is 7.82. The SMILES string of the molecule is C/C(=N/N=C(N)S[C@H]1CC(=O)N(c2ccc(Cl)cc2)C1=O)c1ccc(F)cc1. The number of amides is 2. The molecular weight excluding hydrogens is 403 g/mol. The van der Waals surface area contributed by atoms with E-state index in [1.165, 1.54) is 12.1 Å². The van der Waals surface area contributed by atoms with Crippen LogP contribution in [-0.2, 0) is 9.59 Å². The Morgan fingerprint density at radius 1 is 1.14 bits per heavy atom.